The van der Waals surface area contributed by atoms with Crippen LogP contribution in [-0.4, -0.2) is 17.9 Å². The zero-order valence-electron chi connectivity index (χ0n) is 14.6. The normalized spacial score (nSPS) is 11.8. The Morgan fingerprint density at radius 3 is 2.44 bits per heavy atom. The zero-order chi connectivity index (χ0) is 18.2. The minimum Gasteiger partial charge on any atom is -0.481 e. The van der Waals surface area contributed by atoms with Crippen LogP contribution in [0, 0.1) is 13.8 Å². The maximum atomic E-state index is 12.0. The molecule has 2 aromatic rings. The fourth-order valence-electron chi connectivity index (χ4n) is 2.10. The fourth-order valence-corrected chi connectivity index (χ4v) is 2.10. The molecule has 2 rings (SSSR count). The molecule has 25 heavy (non-hydrogen) atoms. The average molecular weight is 338 g/mol. The van der Waals surface area contributed by atoms with E-state index in [1.807, 2.05) is 62.4 Å². The number of ether oxygens (including phenoxy) is 1. The van der Waals surface area contributed by atoms with Crippen molar-refractivity contribution >= 4 is 17.9 Å². The van der Waals surface area contributed by atoms with Gasteiger partial charge in [0.25, 0.3) is 11.8 Å². The van der Waals surface area contributed by atoms with Crippen molar-refractivity contribution in [1.29, 1.82) is 0 Å². The lowest BCUT2D eigenvalue weighted by Gasteiger charge is -2.17. The number of carbonyl (C=O) groups is 2. The summed E-state index contributed by atoms with van der Waals surface area (Å²) in [4.78, 5) is 23.8. The van der Waals surface area contributed by atoms with E-state index in [0.29, 0.717) is 5.75 Å². The number of rotatable bonds is 5. The number of hydrogen-bond acceptors (Lipinski definition) is 3. The van der Waals surface area contributed by atoms with Crippen LogP contribution in [0.4, 0.5) is 0 Å². The highest BCUT2D eigenvalue weighted by atomic mass is 16.5. The Bertz CT molecular complexity index is 770. The molecule has 2 N–H and O–H groups in total. The van der Waals surface area contributed by atoms with Crippen molar-refractivity contribution in [3.63, 3.8) is 0 Å². The minimum atomic E-state index is -0.737. The van der Waals surface area contributed by atoms with Crippen LogP contribution in [0.5, 0.6) is 5.75 Å². The second-order valence-corrected chi connectivity index (χ2v) is 5.68. The van der Waals surface area contributed by atoms with E-state index in [-0.39, 0.29) is 0 Å². The molecule has 0 bridgehead atoms. The molecule has 0 radical (unpaired) electrons. The van der Waals surface area contributed by atoms with Gasteiger partial charge in [-0.2, -0.15) is 0 Å². The molecule has 0 aromatic heterocycles. The standard InChI is InChI=1S/C20H22N2O3/c1-14-8-7-11-18(15(14)2)25-16(3)20(24)22-21-19(23)13-12-17-9-5-4-6-10-17/h4-13,16H,1-3H3,(H,21,23)(H,22,24)/b13-12+. The van der Waals surface area contributed by atoms with Crippen LogP contribution in [-0.2, 0) is 9.59 Å². The van der Waals surface area contributed by atoms with E-state index in [0.717, 1.165) is 16.7 Å². The Labute approximate surface area is 147 Å². The molecule has 0 aliphatic carbocycles. The molecule has 5 nitrogen and oxygen atoms in total. The molecule has 0 aliphatic heterocycles. The van der Waals surface area contributed by atoms with Gasteiger partial charge in [-0.3, -0.25) is 20.4 Å². The van der Waals surface area contributed by atoms with Crippen molar-refractivity contribution in [3.8, 4) is 5.75 Å². The molecule has 2 amide bonds. The van der Waals surface area contributed by atoms with Crippen molar-refractivity contribution in [3.05, 3.63) is 71.3 Å². The second kappa shape index (κ2) is 8.68. The van der Waals surface area contributed by atoms with Crippen molar-refractivity contribution in [2.75, 3.05) is 0 Å². The summed E-state index contributed by atoms with van der Waals surface area (Å²) in [5, 5.41) is 0. The molecular formula is C20H22N2O3. The van der Waals surface area contributed by atoms with E-state index >= 15 is 0 Å². The van der Waals surface area contributed by atoms with Gasteiger partial charge in [-0.05, 0) is 49.6 Å². The molecule has 1 atom stereocenters. The molecule has 0 saturated heterocycles. The van der Waals surface area contributed by atoms with Gasteiger partial charge in [-0.25, -0.2) is 0 Å². The summed E-state index contributed by atoms with van der Waals surface area (Å²) >= 11 is 0. The van der Waals surface area contributed by atoms with Gasteiger partial charge in [0.2, 0.25) is 0 Å². The summed E-state index contributed by atoms with van der Waals surface area (Å²) in [5.74, 6) is -0.198. The van der Waals surface area contributed by atoms with Gasteiger partial charge in [0.1, 0.15) is 5.75 Å². The monoisotopic (exact) mass is 338 g/mol. The fraction of sp³-hybridized carbons (Fsp3) is 0.200. The maximum absolute atomic E-state index is 12.0. The number of amides is 2. The average Bonchev–Trinajstić information content (AvgIpc) is 2.62. The van der Waals surface area contributed by atoms with Gasteiger partial charge in [0.05, 0.1) is 0 Å². The molecular weight excluding hydrogens is 316 g/mol. The predicted octanol–water partition coefficient (Wildman–Crippen LogP) is 2.93. The van der Waals surface area contributed by atoms with Gasteiger partial charge in [0.15, 0.2) is 6.10 Å². The van der Waals surface area contributed by atoms with Gasteiger partial charge in [-0.1, -0.05) is 42.5 Å². The Morgan fingerprint density at radius 1 is 1.00 bits per heavy atom. The van der Waals surface area contributed by atoms with Crippen LogP contribution in [0.1, 0.15) is 23.6 Å². The third-order valence-electron chi connectivity index (χ3n) is 3.76. The predicted molar refractivity (Wildman–Crippen MR) is 97.8 cm³/mol. The van der Waals surface area contributed by atoms with Crippen LogP contribution >= 0.6 is 0 Å². The molecule has 0 heterocycles. The number of carbonyl (C=O) groups excluding carboxylic acids is 2. The van der Waals surface area contributed by atoms with E-state index in [1.165, 1.54) is 6.08 Å². The molecule has 2 aromatic carbocycles. The van der Waals surface area contributed by atoms with Crippen LogP contribution in [0.25, 0.3) is 6.08 Å². The Kier molecular flexibility index (Phi) is 6.34. The first-order chi connectivity index (χ1) is 12.0. The van der Waals surface area contributed by atoms with Gasteiger partial charge in [-0.15, -0.1) is 0 Å². The number of aryl methyl sites for hydroxylation is 1. The lowest BCUT2D eigenvalue weighted by molar-refractivity contribution is -0.131. The number of hydrogen-bond donors (Lipinski definition) is 2. The first-order valence-corrected chi connectivity index (χ1v) is 8.03. The topological polar surface area (TPSA) is 67.4 Å². The third-order valence-corrected chi connectivity index (χ3v) is 3.76. The van der Waals surface area contributed by atoms with E-state index in [4.69, 9.17) is 4.74 Å². The van der Waals surface area contributed by atoms with E-state index in [9.17, 15) is 9.59 Å². The minimum absolute atomic E-state index is 0.420. The first-order valence-electron chi connectivity index (χ1n) is 8.03. The maximum Gasteiger partial charge on any atom is 0.279 e. The highest BCUT2D eigenvalue weighted by molar-refractivity contribution is 5.93. The van der Waals surface area contributed by atoms with Crippen LogP contribution in [0.2, 0.25) is 0 Å². The van der Waals surface area contributed by atoms with E-state index in [2.05, 4.69) is 10.9 Å². The lowest BCUT2D eigenvalue weighted by atomic mass is 10.1. The van der Waals surface area contributed by atoms with Crippen molar-refractivity contribution in [2.24, 2.45) is 0 Å². The summed E-state index contributed by atoms with van der Waals surface area (Å²) in [6, 6.07) is 15.1. The van der Waals surface area contributed by atoms with Crippen molar-refractivity contribution in [1.82, 2.24) is 10.9 Å². The number of nitrogens with one attached hydrogen (secondary N) is 2. The first kappa shape index (κ1) is 18.3. The van der Waals surface area contributed by atoms with Gasteiger partial charge in [0, 0.05) is 6.08 Å². The number of hydrazine groups is 1. The lowest BCUT2D eigenvalue weighted by Crippen LogP contribution is -2.46. The quantitative estimate of drug-likeness (QED) is 0.651. The van der Waals surface area contributed by atoms with Crippen molar-refractivity contribution in [2.45, 2.75) is 26.9 Å². The van der Waals surface area contributed by atoms with E-state index in [1.54, 1.807) is 13.0 Å². The molecule has 5 heteroatoms. The SMILES string of the molecule is Cc1cccc(OC(C)C(=O)NNC(=O)/C=C/c2ccccc2)c1C. The third kappa shape index (κ3) is 5.49. The molecule has 1 unspecified atom stereocenters. The summed E-state index contributed by atoms with van der Waals surface area (Å²) in [6.45, 7) is 5.54. The second-order valence-electron chi connectivity index (χ2n) is 5.68. The van der Waals surface area contributed by atoms with Gasteiger partial charge >= 0.3 is 0 Å². The van der Waals surface area contributed by atoms with Crippen LogP contribution < -0.4 is 15.6 Å². The number of benzene rings is 2. The van der Waals surface area contributed by atoms with Crippen molar-refractivity contribution < 1.29 is 14.3 Å². The molecule has 0 saturated carbocycles. The summed E-state index contributed by atoms with van der Waals surface area (Å²) in [5.41, 5.74) is 7.67. The van der Waals surface area contributed by atoms with E-state index < -0.39 is 17.9 Å². The Balaban J connectivity index is 1.84. The largest absolute Gasteiger partial charge is 0.481 e. The molecule has 0 fully saturated rings. The molecule has 0 aliphatic rings. The summed E-state index contributed by atoms with van der Waals surface area (Å²) < 4.78 is 5.67. The highest BCUT2D eigenvalue weighted by Gasteiger charge is 2.16. The molecule has 0 spiro atoms. The molecule has 130 valence electrons. The Morgan fingerprint density at radius 2 is 1.72 bits per heavy atom. The Hall–Kier alpha value is -3.08. The van der Waals surface area contributed by atoms with Gasteiger partial charge < -0.3 is 4.74 Å². The zero-order valence-corrected chi connectivity index (χ0v) is 14.6. The van der Waals surface area contributed by atoms with Crippen LogP contribution in [0.15, 0.2) is 54.6 Å². The smallest absolute Gasteiger partial charge is 0.279 e. The summed E-state index contributed by atoms with van der Waals surface area (Å²) in [6.07, 6.45) is 2.28. The highest BCUT2D eigenvalue weighted by Crippen LogP contribution is 2.21. The summed E-state index contributed by atoms with van der Waals surface area (Å²) in [7, 11) is 0. The van der Waals surface area contributed by atoms with Crippen LogP contribution in [0.3, 0.4) is 0 Å².